The van der Waals surface area contributed by atoms with E-state index in [0.717, 1.165) is 71.9 Å². The molecule has 3 N–H and O–H groups in total. The van der Waals surface area contributed by atoms with E-state index in [4.69, 9.17) is 4.74 Å². The SMILES string of the molecule is OCC(OCCCN1CCNCC1)N1CCNCC1. The third kappa shape index (κ3) is 5.33. The van der Waals surface area contributed by atoms with Gasteiger partial charge >= 0.3 is 0 Å². The van der Waals surface area contributed by atoms with E-state index in [2.05, 4.69) is 20.4 Å². The summed E-state index contributed by atoms with van der Waals surface area (Å²) in [5, 5.41) is 16.1. The van der Waals surface area contributed by atoms with Gasteiger partial charge in [0.1, 0.15) is 6.23 Å². The third-order valence-corrected chi connectivity index (χ3v) is 3.85. The maximum atomic E-state index is 9.42. The highest BCUT2D eigenvalue weighted by molar-refractivity contribution is 4.71. The van der Waals surface area contributed by atoms with Gasteiger partial charge in [0.05, 0.1) is 13.2 Å². The summed E-state index contributed by atoms with van der Waals surface area (Å²) in [6, 6.07) is 0. The van der Waals surface area contributed by atoms with Crippen LogP contribution in [0, 0.1) is 0 Å². The van der Waals surface area contributed by atoms with Crippen LogP contribution in [0.2, 0.25) is 0 Å². The average Bonchev–Trinajstić information content (AvgIpc) is 2.49. The Morgan fingerprint density at radius 1 is 1.00 bits per heavy atom. The van der Waals surface area contributed by atoms with E-state index in [1.807, 2.05) is 0 Å². The fraction of sp³-hybridized carbons (Fsp3) is 1.00. The summed E-state index contributed by atoms with van der Waals surface area (Å²) in [6.07, 6.45) is 0.924. The zero-order valence-corrected chi connectivity index (χ0v) is 11.8. The molecule has 2 aliphatic rings. The van der Waals surface area contributed by atoms with Crippen molar-refractivity contribution in [2.24, 2.45) is 0 Å². The van der Waals surface area contributed by atoms with Crippen LogP contribution >= 0.6 is 0 Å². The highest BCUT2D eigenvalue weighted by Gasteiger charge is 2.20. The van der Waals surface area contributed by atoms with E-state index in [-0.39, 0.29) is 12.8 Å². The number of hydrogen-bond donors (Lipinski definition) is 3. The number of hydrogen-bond acceptors (Lipinski definition) is 6. The van der Waals surface area contributed by atoms with Crippen molar-refractivity contribution < 1.29 is 9.84 Å². The van der Waals surface area contributed by atoms with Crippen LogP contribution in [0.25, 0.3) is 0 Å². The van der Waals surface area contributed by atoms with E-state index in [1.165, 1.54) is 0 Å². The summed E-state index contributed by atoms with van der Waals surface area (Å²) in [4.78, 5) is 4.69. The molecule has 0 aliphatic carbocycles. The van der Waals surface area contributed by atoms with Gasteiger partial charge in [-0.25, -0.2) is 0 Å². The molecule has 6 heteroatoms. The van der Waals surface area contributed by atoms with E-state index in [0.29, 0.717) is 0 Å². The van der Waals surface area contributed by atoms with E-state index in [1.54, 1.807) is 0 Å². The number of ether oxygens (including phenoxy) is 1. The van der Waals surface area contributed by atoms with Crippen molar-refractivity contribution in [2.75, 3.05) is 72.1 Å². The van der Waals surface area contributed by atoms with Gasteiger partial charge in [-0.2, -0.15) is 0 Å². The van der Waals surface area contributed by atoms with Gasteiger partial charge in [0.2, 0.25) is 0 Å². The number of aliphatic hydroxyl groups excluding tert-OH is 1. The van der Waals surface area contributed by atoms with Gasteiger partial charge in [0, 0.05) is 58.9 Å². The lowest BCUT2D eigenvalue weighted by Gasteiger charge is -2.33. The molecule has 112 valence electrons. The smallest absolute Gasteiger partial charge is 0.134 e. The molecule has 19 heavy (non-hydrogen) atoms. The fourth-order valence-corrected chi connectivity index (χ4v) is 2.69. The molecular weight excluding hydrogens is 244 g/mol. The van der Waals surface area contributed by atoms with Crippen molar-refractivity contribution in [1.29, 1.82) is 0 Å². The van der Waals surface area contributed by atoms with E-state index >= 15 is 0 Å². The Morgan fingerprint density at radius 2 is 1.63 bits per heavy atom. The zero-order valence-electron chi connectivity index (χ0n) is 11.8. The quantitative estimate of drug-likeness (QED) is 0.492. The molecule has 1 atom stereocenters. The number of nitrogens with one attached hydrogen (secondary N) is 2. The Labute approximate surface area is 116 Å². The normalized spacial score (nSPS) is 24.5. The van der Waals surface area contributed by atoms with Crippen LogP contribution in [0.5, 0.6) is 0 Å². The highest BCUT2D eigenvalue weighted by atomic mass is 16.5. The van der Waals surface area contributed by atoms with Crippen LogP contribution in [0.15, 0.2) is 0 Å². The lowest BCUT2D eigenvalue weighted by molar-refractivity contribution is -0.0919. The lowest BCUT2D eigenvalue weighted by Crippen LogP contribution is -2.50. The van der Waals surface area contributed by atoms with Gasteiger partial charge in [-0.1, -0.05) is 0 Å². The Kier molecular flexibility index (Phi) is 7.05. The molecule has 0 bridgehead atoms. The Hall–Kier alpha value is -0.240. The van der Waals surface area contributed by atoms with Crippen LogP contribution in [0.1, 0.15) is 6.42 Å². The van der Waals surface area contributed by atoms with Crippen molar-refractivity contribution in [3.63, 3.8) is 0 Å². The molecule has 2 aliphatic heterocycles. The molecule has 0 amide bonds. The molecule has 6 nitrogen and oxygen atoms in total. The van der Waals surface area contributed by atoms with Crippen molar-refractivity contribution in [1.82, 2.24) is 20.4 Å². The summed E-state index contributed by atoms with van der Waals surface area (Å²) >= 11 is 0. The summed E-state index contributed by atoms with van der Waals surface area (Å²) in [7, 11) is 0. The van der Waals surface area contributed by atoms with Gasteiger partial charge in [-0.05, 0) is 6.42 Å². The summed E-state index contributed by atoms with van der Waals surface area (Å²) < 4.78 is 5.83. The maximum absolute atomic E-state index is 9.42. The Morgan fingerprint density at radius 3 is 2.26 bits per heavy atom. The Bertz CT molecular complexity index is 231. The van der Waals surface area contributed by atoms with Crippen LogP contribution in [-0.2, 0) is 4.74 Å². The molecule has 0 radical (unpaired) electrons. The van der Waals surface area contributed by atoms with Crippen molar-refractivity contribution in [2.45, 2.75) is 12.6 Å². The van der Waals surface area contributed by atoms with E-state index in [9.17, 15) is 5.11 Å². The average molecular weight is 272 g/mol. The van der Waals surface area contributed by atoms with Gasteiger partial charge in [0.25, 0.3) is 0 Å². The largest absolute Gasteiger partial charge is 0.392 e. The molecule has 2 fully saturated rings. The van der Waals surface area contributed by atoms with Crippen LogP contribution in [-0.4, -0.2) is 93.3 Å². The van der Waals surface area contributed by atoms with Gasteiger partial charge in [0.15, 0.2) is 0 Å². The standard InChI is InChI=1S/C13H28N4O2/c18-12-13(17-9-4-15-5-10-17)19-11-1-6-16-7-2-14-3-8-16/h13-15,18H,1-12H2. The molecule has 2 rings (SSSR count). The molecule has 0 aromatic carbocycles. The predicted octanol–water partition coefficient (Wildman–Crippen LogP) is -1.48. The maximum Gasteiger partial charge on any atom is 0.134 e. The third-order valence-electron chi connectivity index (χ3n) is 3.85. The van der Waals surface area contributed by atoms with Gasteiger partial charge in [-0.3, -0.25) is 4.90 Å². The molecule has 2 saturated heterocycles. The second-order valence-electron chi connectivity index (χ2n) is 5.24. The molecule has 0 saturated carbocycles. The first-order valence-corrected chi connectivity index (χ1v) is 7.50. The second-order valence-corrected chi connectivity index (χ2v) is 5.24. The van der Waals surface area contributed by atoms with Crippen molar-refractivity contribution in [3.05, 3.63) is 0 Å². The fourth-order valence-electron chi connectivity index (χ4n) is 2.69. The Balaban J connectivity index is 1.57. The highest BCUT2D eigenvalue weighted by Crippen LogP contribution is 2.04. The first-order chi connectivity index (χ1) is 9.40. The minimum Gasteiger partial charge on any atom is -0.392 e. The number of nitrogens with zero attached hydrogens (tertiary/aromatic N) is 2. The zero-order chi connectivity index (χ0) is 13.3. The summed E-state index contributed by atoms with van der Waals surface area (Å²) in [5.41, 5.74) is 0. The number of piperazine rings is 2. The molecule has 0 spiro atoms. The molecular formula is C13H28N4O2. The van der Waals surface area contributed by atoms with Crippen molar-refractivity contribution in [3.8, 4) is 0 Å². The van der Waals surface area contributed by atoms with Crippen LogP contribution < -0.4 is 10.6 Å². The molecule has 1 unspecified atom stereocenters. The first kappa shape index (κ1) is 15.2. The van der Waals surface area contributed by atoms with Crippen LogP contribution in [0.3, 0.4) is 0 Å². The summed E-state index contributed by atoms with van der Waals surface area (Å²) in [6.45, 7) is 10.3. The summed E-state index contributed by atoms with van der Waals surface area (Å²) in [5.74, 6) is 0. The topological polar surface area (TPSA) is 60.0 Å². The van der Waals surface area contributed by atoms with Gasteiger partial charge < -0.3 is 25.4 Å². The molecule has 2 heterocycles. The van der Waals surface area contributed by atoms with Gasteiger partial charge in [-0.15, -0.1) is 0 Å². The van der Waals surface area contributed by atoms with E-state index < -0.39 is 0 Å². The van der Waals surface area contributed by atoms with Crippen molar-refractivity contribution >= 4 is 0 Å². The lowest BCUT2D eigenvalue weighted by atomic mass is 10.3. The molecule has 0 aromatic heterocycles. The van der Waals surface area contributed by atoms with Crippen LogP contribution in [0.4, 0.5) is 0 Å². The minimum atomic E-state index is -0.120. The molecule has 0 aromatic rings. The minimum absolute atomic E-state index is 0.0909. The predicted molar refractivity (Wildman–Crippen MR) is 75.2 cm³/mol. The monoisotopic (exact) mass is 272 g/mol. The number of aliphatic hydroxyl groups is 1. The second kappa shape index (κ2) is 8.84. The first-order valence-electron chi connectivity index (χ1n) is 7.50. The number of rotatable bonds is 7.